The lowest BCUT2D eigenvalue weighted by atomic mass is 10.3. The van der Waals surface area contributed by atoms with Crippen molar-refractivity contribution in [2.24, 2.45) is 0 Å². The van der Waals surface area contributed by atoms with Crippen LogP contribution in [0.3, 0.4) is 0 Å². The van der Waals surface area contributed by atoms with Gasteiger partial charge in [-0.3, -0.25) is 0 Å². The van der Waals surface area contributed by atoms with Gasteiger partial charge in [-0.05, 0) is 41.2 Å². The summed E-state index contributed by atoms with van der Waals surface area (Å²) in [5.41, 5.74) is 1.09. The molecule has 0 atom stereocenters. The second kappa shape index (κ2) is 7.56. The van der Waals surface area contributed by atoms with E-state index in [4.69, 9.17) is 4.74 Å². The summed E-state index contributed by atoms with van der Waals surface area (Å²) in [7, 11) is 1.68. The summed E-state index contributed by atoms with van der Waals surface area (Å²) in [5.74, 6) is 0.859. The van der Waals surface area contributed by atoms with E-state index in [1.165, 1.54) is 0 Å². The van der Waals surface area contributed by atoms with E-state index in [-0.39, 0.29) is 0 Å². The predicted molar refractivity (Wildman–Crippen MR) is 77.0 cm³/mol. The number of anilines is 1. The lowest BCUT2D eigenvalue weighted by Gasteiger charge is -2.18. The van der Waals surface area contributed by atoms with E-state index < -0.39 is 0 Å². The Morgan fingerprint density at radius 1 is 1.29 bits per heavy atom. The minimum atomic E-state index is 0.859. The zero-order valence-electron chi connectivity index (χ0n) is 10.8. The van der Waals surface area contributed by atoms with Crippen LogP contribution in [0.15, 0.2) is 22.7 Å². The molecule has 4 heteroatoms. The second-order valence-corrected chi connectivity index (χ2v) is 4.66. The maximum atomic E-state index is 5.26. The Hall–Kier alpha value is -0.740. The van der Waals surface area contributed by atoms with E-state index in [9.17, 15) is 0 Å². The molecule has 0 saturated heterocycles. The normalized spacial score (nSPS) is 10.6. The summed E-state index contributed by atoms with van der Waals surface area (Å²) >= 11 is 3.44. The van der Waals surface area contributed by atoms with Gasteiger partial charge in [0.1, 0.15) is 5.75 Å². The molecular weight excluding hydrogens is 280 g/mol. The molecule has 1 N–H and O–H groups in total. The number of hydrogen-bond acceptors (Lipinski definition) is 3. The number of nitrogens with zero attached hydrogens (tertiary/aromatic N) is 1. The fourth-order valence-electron chi connectivity index (χ4n) is 1.67. The Labute approximate surface area is 112 Å². The van der Waals surface area contributed by atoms with Crippen LogP contribution in [0.5, 0.6) is 5.75 Å². The van der Waals surface area contributed by atoms with Crippen LogP contribution < -0.4 is 10.1 Å². The fourth-order valence-corrected chi connectivity index (χ4v) is 2.08. The van der Waals surface area contributed by atoms with Gasteiger partial charge in [-0.2, -0.15) is 0 Å². The lowest BCUT2D eigenvalue weighted by Crippen LogP contribution is -2.28. The van der Waals surface area contributed by atoms with Gasteiger partial charge < -0.3 is 15.0 Å². The maximum Gasteiger partial charge on any atom is 0.135 e. The van der Waals surface area contributed by atoms with Gasteiger partial charge in [0.15, 0.2) is 0 Å². The molecule has 0 aromatic heterocycles. The quantitative estimate of drug-likeness (QED) is 0.837. The molecule has 0 radical (unpaired) electrons. The highest BCUT2D eigenvalue weighted by molar-refractivity contribution is 9.10. The number of nitrogens with one attached hydrogen (secondary N) is 1. The number of rotatable bonds is 7. The highest BCUT2D eigenvalue weighted by Gasteiger charge is 2.02. The average molecular weight is 301 g/mol. The molecule has 1 aromatic carbocycles. The summed E-state index contributed by atoms with van der Waals surface area (Å²) in [5, 5.41) is 3.40. The van der Waals surface area contributed by atoms with Crippen molar-refractivity contribution < 1.29 is 4.74 Å². The minimum Gasteiger partial charge on any atom is -0.495 e. The summed E-state index contributed by atoms with van der Waals surface area (Å²) in [4.78, 5) is 2.39. The molecule has 0 unspecified atom stereocenters. The Balaban J connectivity index is 2.46. The van der Waals surface area contributed by atoms with Gasteiger partial charge in [0.25, 0.3) is 0 Å². The van der Waals surface area contributed by atoms with Crippen molar-refractivity contribution in [2.45, 2.75) is 13.8 Å². The third-order valence-electron chi connectivity index (χ3n) is 2.80. The number of benzene rings is 1. The summed E-state index contributed by atoms with van der Waals surface area (Å²) in [6.45, 7) is 8.58. The van der Waals surface area contributed by atoms with Crippen molar-refractivity contribution in [3.63, 3.8) is 0 Å². The highest BCUT2D eigenvalue weighted by Crippen LogP contribution is 2.27. The van der Waals surface area contributed by atoms with E-state index in [2.05, 4.69) is 46.1 Å². The van der Waals surface area contributed by atoms with Crippen LogP contribution in [-0.2, 0) is 0 Å². The van der Waals surface area contributed by atoms with E-state index in [0.717, 1.165) is 42.1 Å². The molecule has 0 aliphatic carbocycles. The standard InChI is InChI=1S/C13H21BrN2O/c1-4-16(5-2)9-8-15-11-6-7-12(14)13(10-11)17-3/h6-7,10,15H,4-5,8-9H2,1-3H3. The Morgan fingerprint density at radius 2 is 2.00 bits per heavy atom. The molecule has 0 heterocycles. The lowest BCUT2D eigenvalue weighted by molar-refractivity contribution is 0.316. The van der Waals surface area contributed by atoms with Crippen molar-refractivity contribution in [3.8, 4) is 5.75 Å². The Morgan fingerprint density at radius 3 is 2.59 bits per heavy atom. The predicted octanol–water partition coefficient (Wildman–Crippen LogP) is 3.21. The van der Waals surface area contributed by atoms with Crippen LogP contribution in [0.1, 0.15) is 13.8 Å². The van der Waals surface area contributed by atoms with Crippen molar-refractivity contribution in [1.82, 2.24) is 4.90 Å². The summed E-state index contributed by atoms with van der Waals surface area (Å²) in [6.07, 6.45) is 0. The van der Waals surface area contributed by atoms with Crippen LogP contribution in [0, 0.1) is 0 Å². The molecule has 1 aromatic rings. The number of hydrogen-bond donors (Lipinski definition) is 1. The molecule has 0 aliphatic heterocycles. The zero-order chi connectivity index (χ0) is 12.7. The van der Waals surface area contributed by atoms with Crippen LogP contribution in [-0.4, -0.2) is 38.2 Å². The van der Waals surface area contributed by atoms with Crippen LogP contribution in [0.2, 0.25) is 0 Å². The first-order chi connectivity index (χ1) is 8.21. The second-order valence-electron chi connectivity index (χ2n) is 3.80. The first-order valence-electron chi connectivity index (χ1n) is 6.01. The molecule has 3 nitrogen and oxygen atoms in total. The maximum absolute atomic E-state index is 5.26. The average Bonchev–Trinajstić information content (AvgIpc) is 2.36. The van der Waals surface area contributed by atoms with E-state index in [1.54, 1.807) is 7.11 Å². The highest BCUT2D eigenvalue weighted by atomic mass is 79.9. The van der Waals surface area contributed by atoms with Crippen molar-refractivity contribution in [3.05, 3.63) is 22.7 Å². The molecular formula is C13H21BrN2O. The molecule has 96 valence electrons. The zero-order valence-corrected chi connectivity index (χ0v) is 12.4. The number of likely N-dealkylation sites (N-methyl/N-ethyl adjacent to an activating group) is 1. The minimum absolute atomic E-state index is 0.859. The number of methoxy groups -OCH3 is 1. The van der Waals surface area contributed by atoms with Gasteiger partial charge in [-0.15, -0.1) is 0 Å². The van der Waals surface area contributed by atoms with Crippen molar-refractivity contribution in [2.75, 3.05) is 38.6 Å². The number of halogens is 1. The monoisotopic (exact) mass is 300 g/mol. The summed E-state index contributed by atoms with van der Waals surface area (Å²) < 4.78 is 6.24. The Kier molecular flexibility index (Phi) is 6.37. The molecule has 0 spiro atoms. The number of ether oxygens (including phenoxy) is 1. The molecule has 0 bridgehead atoms. The molecule has 0 fully saturated rings. The smallest absolute Gasteiger partial charge is 0.135 e. The molecule has 1 rings (SSSR count). The molecule has 17 heavy (non-hydrogen) atoms. The van der Waals surface area contributed by atoms with Gasteiger partial charge >= 0.3 is 0 Å². The van der Waals surface area contributed by atoms with Gasteiger partial charge in [0.2, 0.25) is 0 Å². The first-order valence-corrected chi connectivity index (χ1v) is 6.80. The summed E-state index contributed by atoms with van der Waals surface area (Å²) in [6, 6.07) is 6.06. The van der Waals surface area contributed by atoms with Crippen molar-refractivity contribution >= 4 is 21.6 Å². The SMILES string of the molecule is CCN(CC)CCNc1ccc(Br)c(OC)c1. The molecule has 0 aliphatic rings. The van der Waals surface area contributed by atoms with E-state index >= 15 is 0 Å². The third kappa shape index (κ3) is 4.56. The van der Waals surface area contributed by atoms with Crippen LogP contribution >= 0.6 is 15.9 Å². The van der Waals surface area contributed by atoms with Crippen molar-refractivity contribution in [1.29, 1.82) is 0 Å². The van der Waals surface area contributed by atoms with Crippen LogP contribution in [0.4, 0.5) is 5.69 Å². The topological polar surface area (TPSA) is 24.5 Å². The Bertz CT molecular complexity index is 340. The largest absolute Gasteiger partial charge is 0.495 e. The van der Waals surface area contributed by atoms with E-state index in [1.807, 2.05) is 12.1 Å². The first kappa shape index (κ1) is 14.3. The third-order valence-corrected chi connectivity index (χ3v) is 3.46. The fraction of sp³-hybridized carbons (Fsp3) is 0.538. The molecule has 0 saturated carbocycles. The van der Waals surface area contributed by atoms with Gasteiger partial charge in [0.05, 0.1) is 11.6 Å². The van der Waals surface area contributed by atoms with Gasteiger partial charge in [-0.1, -0.05) is 13.8 Å². The van der Waals surface area contributed by atoms with E-state index in [0.29, 0.717) is 0 Å². The van der Waals surface area contributed by atoms with Gasteiger partial charge in [0, 0.05) is 24.8 Å². The molecule has 0 amide bonds. The van der Waals surface area contributed by atoms with Crippen LogP contribution in [0.25, 0.3) is 0 Å². The van der Waals surface area contributed by atoms with Gasteiger partial charge in [-0.25, -0.2) is 0 Å².